The van der Waals surface area contributed by atoms with Gasteiger partial charge in [-0.3, -0.25) is 4.79 Å². The van der Waals surface area contributed by atoms with Gasteiger partial charge >= 0.3 is 0 Å². The van der Waals surface area contributed by atoms with Crippen LogP contribution in [0.25, 0.3) is 0 Å². The fourth-order valence-corrected chi connectivity index (χ4v) is 2.17. The quantitative estimate of drug-likeness (QED) is 0.752. The molecule has 3 nitrogen and oxygen atoms in total. The number of aldehydes is 1. The van der Waals surface area contributed by atoms with E-state index in [2.05, 4.69) is 22.1 Å². The Morgan fingerprint density at radius 3 is 2.24 bits per heavy atom. The van der Waals surface area contributed by atoms with Crippen molar-refractivity contribution in [2.45, 2.75) is 18.3 Å². The Morgan fingerprint density at radius 2 is 1.71 bits per heavy atom. The molecule has 84 valence electrons. The van der Waals surface area contributed by atoms with Crippen molar-refractivity contribution in [2.75, 3.05) is 0 Å². The Hall–Kier alpha value is -2.03. The summed E-state index contributed by atoms with van der Waals surface area (Å²) in [5.41, 5.74) is 1.78. The van der Waals surface area contributed by atoms with E-state index in [1.54, 1.807) is 12.4 Å². The van der Waals surface area contributed by atoms with Crippen molar-refractivity contribution in [3.8, 4) is 0 Å². The molecule has 2 aromatic rings. The zero-order valence-electron chi connectivity index (χ0n) is 9.34. The molecule has 3 heteroatoms. The Bertz CT molecular complexity index is 530. The average Bonchev–Trinajstić information content (AvgIpc) is 3.21. The van der Waals surface area contributed by atoms with Gasteiger partial charge in [0.25, 0.3) is 0 Å². The molecule has 0 saturated heterocycles. The van der Waals surface area contributed by atoms with Crippen molar-refractivity contribution in [3.05, 3.63) is 59.7 Å². The lowest BCUT2D eigenvalue weighted by molar-refractivity contribution is 0.112. The number of hydrogen-bond acceptors (Lipinski definition) is 3. The van der Waals surface area contributed by atoms with Crippen molar-refractivity contribution in [3.63, 3.8) is 0 Å². The van der Waals surface area contributed by atoms with Crippen LogP contribution in [0.1, 0.15) is 34.6 Å². The van der Waals surface area contributed by atoms with Crippen molar-refractivity contribution in [1.82, 2.24) is 9.97 Å². The zero-order valence-corrected chi connectivity index (χ0v) is 9.34. The van der Waals surface area contributed by atoms with Crippen LogP contribution in [-0.2, 0) is 5.41 Å². The third-order valence-corrected chi connectivity index (χ3v) is 3.31. The molecule has 1 aliphatic carbocycles. The number of aromatic nitrogens is 2. The van der Waals surface area contributed by atoms with Gasteiger partial charge in [-0.15, -0.1) is 0 Å². The molecule has 0 amide bonds. The van der Waals surface area contributed by atoms with Crippen LogP contribution in [0.3, 0.4) is 0 Å². The predicted molar refractivity (Wildman–Crippen MR) is 63.9 cm³/mol. The summed E-state index contributed by atoms with van der Waals surface area (Å²) in [6, 6.07) is 10.3. The second kappa shape index (κ2) is 3.77. The molecule has 0 bridgehead atoms. The van der Waals surface area contributed by atoms with E-state index in [9.17, 15) is 4.79 Å². The minimum absolute atomic E-state index is 0.0112. The highest BCUT2D eigenvalue weighted by Crippen LogP contribution is 2.51. The molecule has 1 fully saturated rings. The van der Waals surface area contributed by atoms with E-state index < -0.39 is 0 Å². The van der Waals surface area contributed by atoms with Crippen LogP contribution in [0.2, 0.25) is 0 Å². The first-order chi connectivity index (χ1) is 8.35. The van der Waals surface area contributed by atoms with E-state index >= 15 is 0 Å². The van der Waals surface area contributed by atoms with Crippen molar-refractivity contribution in [1.29, 1.82) is 0 Å². The van der Waals surface area contributed by atoms with Gasteiger partial charge < -0.3 is 0 Å². The Labute approximate surface area is 99.5 Å². The summed E-state index contributed by atoms with van der Waals surface area (Å²) in [6.07, 6.45) is 6.12. The van der Waals surface area contributed by atoms with E-state index in [0.717, 1.165) is 25.0 Å². The maximum absolute atomic E-state index is 10.6. The molecule has 0 radical (unpaired) electrons. The van der Waals surface area contributed by atoms with E-state index in [4.69, 9.17) is 0 Å². The lowest BCUT2D eigenvalue weighted by atomic mass is 9.95. The summed E-state index contributed by atoms with van der Waals surface area (Å²) in [7, 11) is 0. The van der Waals surface area contributed by atoms with Gasteiger partial charge in [-0.1, -0.05) is 30.3 Å². The lowest BCUT2D eigenvalue weighted by Gasteiger charge is -2.13. The van der Waals surface area contributed by atoms with Crippen LogP contribution in [0.4, 0.5) is 0 Å². The zero-order chi connectivity index (χ0) is 11.7. The van der Waals surface area contributed by atoms with E-state index in [0.29, 0.717) is 5.56 Å². The molecule has 0 unspecified atom stereocenters. The molecule has 0 spiro atoms. The maximum Gasteiger partial charge on any atom is 0.153 e. The fraction of sp³-hybridized carbons (Fsp3) is 0.214. The summed E-state index contributed by atoms with van der Waals surface area (Å²) in [6.45, 7) is 0. The maximum atomic E-state index is 10.6. The monoisotopic (exact) mass is 224 g/mol. The Morgan fingerprint density at radius 1 is 1.06 bits per heavy atom. The predicted octanol–water partition coefficient (Wildman–Crippen LogP) is 2.37. The van der Waals surface area contributed by atoms with E-state index in [-0.39, 0.29) is 5.41 Å². The number of carbonyl (C=O) groups excluding carboxylic acids is 1. The first-order valence-electron chi connectivity index (χ1n) is 5.68. The molecule has 17 heavy (non-hydrogen) atoms. The molecule has 0 N–H and O–H groups in total. The molecule has 0 aliphatic heterocycles. The number of carbonyl (C=O) groups is 1. The average molecular weight is 224 g/mol. The SMILES string of the molecule is O=Cc1cnc(C2(c3ccccc3)CC2)nc1. The number of rotatable bonds is 3. The first kappa shape index (κ1) is 10.1. The Kier molecular flexibility index (Phi) is 2.25. The third-order valence-electron chi connectivity index (χ3n) is 3.31. The van der Waals surface area contributed by atoms with Gasteiger partial charge in [0.2, 0.25) is 0 Å². The number of hydrogen-bond donors (Lipinski definition) is 0. The highest BCUT2D eigenvalue weighted by molar-refractivity contribution is 5.73. The van der Waals surface area contributed by atoms with Crippen LogP contribution < -0.4 is 0 Å². The van der Waals surface area contributed by atoms with Crippen LogP contribution in [0, 0.1) is 0 Å². The van der Waals surface area contributed by atoms with Gasteiger partial charge in [0.15, 0.2) is 6.29 Å². The van der Waals surface area contributed by atoms with Crippen molar-refractivity contribution >= 4 is 6.29 Å². The van der Waals surface area contributed by atoms with Crippen LogP contribution in [0.15, 0.2) is 42.7 Å². The fourth-order valence-electron chi connectivity index (χ4n) is 2.17. The molecule has 1 aliphatic rings. The highest BCUT2D eigenvalue weighted by Gasteiger charge is 2.48. The molecular formula is C14H12N2O. The molecule has 1 heterocycles. The first-order valence-corrected chi connectivity index (χ1v) is 5.68. The lowest BCUT2D eigenvalue weighted by Crippen LogP contribution is -2.13. The normalized spacial score (nSPS) is 16.5. The van der Waals surface area contributed by atoms with Gasteiger partial charge in [-0.25, -0.2) is 9.97 Å². The largest absolute Gasteiger partial charge is 0.298 e. The van der Waals surface area contributed by atoms with Crippen molar-refractivity contribution in [2.24, 2.45) is 0 Å². The van der Waals surface area contributed by atoms with Gasteiger partial charge in [0, 0.05) is 12.4 Å². The van der Waals surface area contributed by atoms with Gasteiger partial charge in [0.05, 0.1) is 11.0 Å². The molecule has 1 aromatic carbocycles. The summed E-state index contributed by atoms with van der Waals surface area (Å²) < 4.78 is 0. The summed E-state index contributed by atoms with van der Waals surface area (Å²) in [5, 5.41) is 0. The van der Waals surface area contributed by atoms with Gasteiger partial charge in [0.1, 0.15) is 5.82 Å². The minimum atomic E-state index is -0.0112. The second-order valence-corrected chi connectivity index (χ2v) is 4.41. The number of benzene rings is 1. The molecule has 0 atom stereocenters. The minimum Gasteiger partial charge on any atom is -0.298 e. The summed E-state index contributed by atoms with van der Waals surface area (Å²) in [5.74, 6) is 0.828. The van der Waals surface area contributed by atoms with Crippen LogP contribution in [0.5, 0.6) is 0 Å². The standard InChI is InChI=1S/C14H12N2O/c17-10-11-8-15-13(16-9-11)14(6-7-14)12-4-2-1-3-5-12/h1-5,8-10H,6-7H2. The third kappa shape index (κ3) is 1.64. The van der Waals surface area contributed by atoms with Gasteiger partial charge in [-0.2, -0.15) is 0 Å². The molecule has 3 rings (SSSR count). The van der Waals surface area contributed by atoms with Gasteiger partial charge in [-0.05, 0) is 18.4 Å². The highest BCUT2D eigenvalue weighted by atomic mass is 16.1. The van der Waals surface area contributed by atoms with Crippen LogP contribution >= 0.6 is 0 Å². The van der Waals surface area contributed by atoms with E-state index in [1.807, 2.05) is 18.2 Å². The molecular weight excluding hydrogens is 212 g/mol. The van der Waals surface area contributed by atoms with Crippen molar-refractivity contribution < 1.29 is 4.79 Å². The van der Waals surface area contributed by atoms with E-state index in [1.165, 1.54) is 5.56 Å². The smallest absolute Gasteiger partial charge is 0.153 e. The molecule has 1 aromatic heterocycles. The van der Waals surface area contributed by atoms with Crippen LogP contribution in [-0.4, -0.2) is 16.3 Å². The summed E-state index contributed by atoms with van der Waals surface area (Å²) in [4.78, 5) is 19.2. The topological polar surface area (TPSA) is 42.9 Å². The molecule has 1 saturated carbocycles. The Balaban J connectivity index is 2.00. The second-order valence-electron chi connectivity index (χ2n) is 4.41. The number of nitrogens with zero attached hydrogens (tertiary/aromatic N) is 2. The summed E-state index contributed by atoms with van der Waals surface area (Å²) >= 11 is 0.